The van der Waals surface area contributed by atoms with Gasteiger partial charge >= 0.3 is 0 Å². The molecule has 0 spiro atoms. The van der Waals surface area contributed by atoms with Crippen molar-refractivity contribution in [3.8, 4) is 0 Å². The number of unbranched alkanes of at least 4 members (excludes halogenated alkanes) is 1. The summed E-state index contributed by atoms with van der Waals surface area (Å²) in [5.74, 6) is 0. The van der Waals surface area contributed by atoms with Gasteiger partial charge in [0.25, 0.3) is 0 Å². The number of hydrogen-bond donors (Lipinski definition) is 0. The molecule has 0 fully saturated rings. The Hall–Kier alpha value is -0.600. The molecule has 0 aromatic carbocycles. The van der Waals surface area contributed by atoms with Crippen LogP contribution in [0.3, 0.4) is 0 Å². The summed E-state index contributed by atoms with van der Waals surface area (Å²) in [6.07, 6.45) is 3.97. The highest BCUT2D eigenvalue weighted by Gasteiger charge is 1.94. The van der Waals surface area contributed by atoms with Crippen molar-refractivity contribution in [1.82, 2.24) is 4.98 Å². The molecule has 0 aliphatic rings. The molecule has 0 N–H and O–H groups in total. The summed E-state index contributed by atoms with van der Waals surface area (Å²) in [5, 5.41) is 0.525. The van der Waals surface area contributed by atoms with Gasteiger partial charge in [-0.2, -0.15) is 0 Å². The smallest absolute Gasteiger partial charge is 0.129 e. The van der Waals surface area contributed by atoms with Crippen molar-refractivity contribution in [2.45, 2.75) is 26.4 Å². The second kappa shape index (κ2) is 5.95. The van der Waals surface area contributed by atoms with Crippen LogP contribution in [0.15, 0.2) is 18.3 Å². The minimum Gasteiger partial charge on any atom is -0.377 e. The predicted molar refractivity (Wildman–Crippen MR) is 53.8 cm³/mol. The summed E-state index contributed by atoms with van der Waals surface area (Å²) >= 11 is 5.72. The van der Waals surface area contributed by atoms with Crippen LogP contribution in [0.4, 0.5) is 0 Å². The molecule has 0 aliphatic heterocycles. The lowest BCUT2D eigenvalue weighted by molar-refractivity contribution is 0.118. The van der Waals surface area contributed by atoms with Crippen molar-refractivity contribution in [1.29, 1.82) is 0 Å². The SMILES string of the molecule is CCCCOCc1ccnc(Cl)c1. The van der Waals surface area contributed by atoms with Crippen LogP contribution in [-0.2, 0) is 11.3 Å². The average molecular weight is 200 g/mol. The van der Waals surface area contributed by atoms with Crippen molar-refractivity contribution in [3.63, 3.8) is 0 Å². The highest BCUT2D eigenvalue weighted by atomic mass is 35.5. The van der Waals surface area contributed by atoms with E-state index < -0.39 is 0 Å². The van der Waals surface area contributed by atoms with Gasteiger partial charge < -0.3 is 4.74 Å². The topological polar surface area (TPSA) is 22.1 Å². The van der Waals surface area contributed by atoms with E-state index in [0.29, 0.717) is 11.8 Å². The van der Waals surface area contributed by atoms with Gasteiger partial charge in [0.15, 0.2) is 0 Å². The fourth-order valence-corrected chi connectivity index (χ4v) is 1.17. The fraction of sp³-hybridized carbons (Fsp3) is 0.500. The highest BCUT2D eigenvalue weighted by molar-refractivity contribution is 6.29. The summed E-state index contributed by atoms with van der Waals surface area (Å²) in [6.45, 7) is 3.59. The molecule has 0 saturated carbocycles. The minimum atomic E-state index is 0.525. The zero-order valence-corrected chi connectivity index (χ0v) is 8.55. The van der Waals surface area contributed by atoms with Gasteiger partial charge in [0.2, 0.25) is 0 Å². The van der Waals surface area contributed by atoms with Crippen LogP contribution in [0.1, 0.15) is 25.3 Å². The van der Waals surface area contributed by atoms with E-state index in [1.807, 2.05) is 12.1 Å². The van der Waals surface area contributed by atoms with Crippen LogP contribution >= 0.6 is 11.6 Å². The number of pyridine rings is 1. The summed E-state index contributed by atoms with van der Waals surface area (Å²) < 4.78 is 5.43. The van der Waals surface area contributed by atoms with Gasteiger partial charge in [0, 0.05) is 12.8 Å². The van der Waals surface area contributed by atoms with Crippen molar-refractivity contribution >= 4 is 11.6 Å². The number of halogens is 1. The molecule has 0 bridgehead atoms. The van der Waals surface area contributed by atoms with Crippen molar-refractivity contribution in [2.75, 3.05) is 6.61 Å². The average Bonchev–Trinajstić information content (AvgIpc) is 2.13. The van der Waals surface area contributed by atoms with Gasteiger partial charge in [-0.25, -0.2) is 4.98 Å². The van der Waals surface area contributed by atoms with Gasteiger partial charge in [-0.05, 0) is 24.1 Å². The number of hydrogen-bond acceptors (Lipinski definition) is 2. The Morgan fingerprint density at radius 1 is 1.54 bits per heavy atom. The Bertz CT molecular complexity index is 252. The summed E-state index contributed by atoms with van der Waals surface area (Å²) in [5.41, 5.74) is 1.08. The molecule has 0 aliphatic carbocycles. The summed E-state index contributed by atoms with van der Waals surface area (Å²) in [6, 6.07) is 3.74. The van der Waals surface area contributed by atoms with Gasteiger partial charge in [-0.15, -0.1) is 0 Å². The van der Waals surface area contributed by atoms with E-state index in [2.05, 4.69) is 11.9 Å². The Morgan fingerprint density at radius 2 is 2.38 bits per heavy atom. The molecular weight excluding hydrogens is 186 g/mol. The number of rotatable bonds is 5. The van der Waals surface area contributed by atoms with Gasteiger partial charge in [-0.1, -0.05) is 24.9 Å². The molecule has 0 atom stereocenters. The fourth-order valence-electron chi connectivity index (χ4n) is 0.969. The molecule has 72 valence electrons. The Morgan fingerprint density at radius 3 is 3.08 bits per heavy atom. The van der Waals surface area contributed by atoms with E-state index in [4.69, 9.17) is 16.3 Å². The largest absolute Gasteiger partial charge is 0.377 e. The van der Waals surface area contributed by atoms with Gasteiger partial charge in [-0.3, -0.25) is 0 Å². The molecule has 1 rings (SSSR count). The Balaban J connectivity index is 2.28. The molecule has 0 radical (unpaired) electrons. The second-order valence-corrected chi connectivity index (χ2v) is 3.28. The highest BCUT2D eigenvalue weighted by Crippen LogP contribution is 2.08. The minimum absolute atomic E-state index is 0.525. The van der Waals surface area contributed by atoms with E-state index in [9.17, 15) is 0 Å². The third-order valence-electron chi connectivity index (χ3n) is 1.70. The lowest BCUT2D eigenvalue weighted by Gasteiger charge is -2.02. The normalized spacial score (nSPS) is 10.3. The quantitative estimate of drug-likeness (QED) is 0.537. The zero-order valence-electron chi connectivity index (χ0n) is 7.79. The van der Waals surface area contributed by atoms with Crippen LogP contribution in [0, 0.1) is 0 Å². The third kappa shape index (κ3) is 4.25. The standard InChI is InChI=1S/C10H14ClNO/c1-2-3-6-13-8-9-4-5-12-10(11)7-9/h4-5,7H,2-3,6,8H2,1H3. The first-order valence-corrected chi connectivity index (χ1v) is 4.89. The van der Waals surface area contributed by atoms with Crippen molar-refractivity contribution in [2.24, 2.45) is 0 Å². The monoisotopic (exact) mass is 199 g/mol. The molecule has 1 heterocycles. The molecule has 13 heavy (non-hydrogen) atoms. The van der Waals surface area contributed by atoms with E-state index >= 15 is 0 Å². The maximum Gasteiger partial charge on any atom is 0.129 e. The van der Waals surface area contributed by atoms with Crippen LogP contribution in [0.5, 0.6) is 0 Å². The predicted octanol–water partition coefficient (Wildman–Crippen LogP) is 3.05. The van der Waals surface area contributed by atoms with Crippen molar-refractivity contribution in [3.05, 3.63) is 29.0 Å². The van der Waals surface area contributed by atoms with Crippen molar-refractivity contribution < 1.29 is 4.74 Å². The molecule has 0 saturated heterocycles. The summed E-state index contributed by atoms with van der Waals surface area (Å²) in [7, 11) is 0. The first-order chi connectivity index (χ1) is 6.33. The summed E-state index contributed by atoms with van der Waals surface area (Å²) in [4.78, 5) is 3.89. The molecule has 3 heteroatoms. The molecule has 1 aromatic heterocycles. The van der Waals surface area contributed by atoms with Gasteiger partial charge in [0.05, 0.1) is 6.61 Å². The Kier molecular flexibility index (Phi) is 4.79. The van der Waals surface area contributed by atoms with E-state index in [1.165, 1.54) is 0 Å². The molecule has 0 unspecified atom stereocenters. The Labute approximate surface area is 83.9 Å². The van der Waals surface area contributed by atoms with Crippen LogP contribution < -0.4 is 0 Å². The number of aromatic nitrogens is 1. The lowest BCUT2D eigenvalue weighted by atomic mass is 10.3. The number of nitrogens with zero attached hydrogens (tertiary/aromatic N) is 1. The zero-order chi connectivity index (χ0) is 9.52. The third-order valence-corrected chi connectivity index (χ3v) is 1.91. The van der Waals surface area contributed by atoms with E-state index in [0.717, 1.165) is 25.0 Å². The molecule has 1 aromatic rings. The van der Waals surface area contributed by atoms with Crippen LogP contribution in [0.2, 0.25) is 5.15 Å². The maximum absolute atomic E-state index is 5.72. The first-order valence-electron chi connectivity index (χ1n) is 4.51. The molecular formula is C10H14ClNO. The molecule has 2 nitrogen and oxygen atoms in total. The van der Waals surface area contributed by atoms with Crippen LogP contribution in [0.25, 0.3) is 0 Å². The van der Waals surface area contributed by atoms with Crippen LogP contribution in [-0.4, -0.2) is 11.6 Å². The lowest BCUT2D eigenvalue weighted by Crippen LogP contribution is -1.95. The molecule has 0 amide bonds. The number of ether oxygens (including phenoxy) is 1. The maximum atomic E-state index is 5.72. The first kappa shape index (κ1) is 10.5. The second-order valence-electron chi connectivity index (χ2n) is 2.89. The van der Waals surface area contributed by atoms with E-state index in [1.54, 1.807) is 6.20 Å². The van der Waals surface area contributed by atoms with E-state index in [-0.39, 0.29) is 0 Å². The van der Waals surface area contributed by atoms with Gasteiger partial charge in [0.1, 0.15) is 5.15 Å².